The quantitative estimate of drug-likeness (QED) is 0.592. The van der Waals surface area contributed by atoms with Crippen molar-refractivity contribution in [1.82, 2.24) is 14.8 Å². The van der Waals surface area contributed by atoms with Crippen molar-refractivity contribution in [2.24, 2.45) is 0 Å². The molecule has 4 rings (SSSR count). The van der Waals surface area contributed by atoms with Crippen LogP contribution in [0, 0.1) is 20.8 Å². The van der Waals surface area contributed by atoms with Crippen molar-refractivity contribution in [3.05, 3.63) is 69.1 Å². The Morgan fingerprint density at radius 2 is 1.93 bits per heavy atom. The van der Waals surface area contributed by atoms with Gasteiger partial charge in [-0.25, -0.2) is 4.98 Å². The summed E-state index contributed by atoms with van der Waals surface area (Å²) in [5.74, 6) is 1.79. The lowest BCUT2D eigenvalue weighted by molar-refractivity contribution is 0.0593. The Balaban J connectivity index is 1.28. The predicted octanol–water partition coefficient (Wildman–Crippen LogP) is 4.20. The maximum Gasteiger partial charge on any atom is 0.289 e. The van der Waals surface area contributed by atoms with Crippen LogP contribution >= 0.6 is 11.3 Å². The second-order valence-corrected chi connectivity index (χ2v) is 8.81. The third kappa shape index (κ3) is 4.91. The van der Waals surface area contributed by atoms with Gasteiger partial charge in [-0.2, -0.15) is 0 Å². The van der Waals surface area contributed by atoms with E-state index in [1.54, 1.807) is 17.4 Å². The fourth-order valence-electron chi connectivity index (χ4n) is 3.66. The van der Waals surface area contributed by atoms with Crippen molar-refractivity contribution in [2.45, 2.75) is 33.9 Å². The summed E-state index contributed by atoms with van der Waals surface area (Å²) in [5, 5.41) is 3.20. The first-order chi connectivity index (χ1) is 14.5. The number of rotatable bonds is 6. The number of thiazole rings is 1. The standard InChI is InChI=1S/C23H27N3O3S/c1-16-4-6-21(17(2)12-16)28-14-20-5-7-22(29-20)23(27)26-10-8-25(9-11-26)13-19-15-30-18(3)24-19/h4-7,12,15H,8-11,13-14H2,1-3H3. The average Bonchev–Trinajstić information content (AvgIpc) is 3.36. The Hall–Kier alpha value is -2.64. The molecule has 1 fully saturated rings. The lowest BCUT2D eigenvalue weighted by Gasteiger charge is -2.33. The fourth-order valence-corrected chi connectivity index (χ4v) is 4.26. The number of ether oxygens (including phenoxy) is 1. The molecule has 1 aliphatic rings. The second kappa shape index (κ2) is 9.02. The van der Waals surface area contributed by atoms with Gasteiger partial charge in [0.05, 0.1) is 10.7 Å². The van der Waals surface area contributed by atoms with Gasteiger partial charge in [0.1, 0.15) is 18.1 Å². The molecule has 0 unspecified atom stereocenters. The number of aromatic nitrogens is 1. The molecule has 0 N–H and O–H groups in total. The number of nitrogens with zero attached hydrogens (tertiary/aromatic N) is 3. The van der Waals surface area contributed by atoms with Gasteiger partial charge in [-0.05, 0) is 44.5 Å². The van der Waals surface area contributed by atoms with E-state index in [0.29, 0.717) is 31.2 Å². The lowest BCUT2D eigenvalue weighted by Crippen LogP contribution is -2.48. The number of carbonyl (C=O) groups excluding carboxylic acids is 1. The highest BCUT2D eigenvalue weighted by atomic mass is 32.1. The van der Waals surface area contributed by atoms with Crippen LogP contribution in [0.2, 0.25) is 0 Å². The third-order valence-corrected chi connectivity index (χ3v) is 6.11. The van der Waals surface area contributed by atoms with Crippen LogP contribution in [-0.2, 0) is 13.2 Å². The zero-order valence-electron chi connectivity index (χ0n) is 17.7. The van der Waals surface area contributed by atoms with Gasteiger partial charge in [0.15, 0.2) is 5.76 Å². The molecule has 0 saturated carbocycles. The number of carbonyl (C=O) groups is 1. The summed E-state index contributed by atoms with van der Waals surface area (Å²) in [4.78, 5) is 21.5. The summed E-state index contributed by atoms with van der Waals surface area (Å²) < 4.78 is 11.6. The van der Waals surface area contributed by atoms with Crippen LogP contribution in [0.3, 0.4) is 0 Å². The van der Waals surface area contributed by atoms with Gasteiger partial charge in [-0.3, -0.25) is 9.69 Å². The predicted molar refractivity (Wildman–Crippen MR) is 117 cm³/mol. The molecule has 0 radical (unpaired) electrons. The van der Waals surface area contributed by atoms with Crippen LogP contribution in [0.1, 0.15) is 38.1 Å². The van der Waals surface area contributed by atoms with E-state index in [-0.39, 0.29) is 5.91 Å². The highest BCUT2D eigenvalue weighted by Crippen LogP contribution is 2.21. The zero-order chi connectivity index (χ0) is 21.1. The molecule has 30 heavy (non-hydrogen) atoms. The Bertz CT molecular complexity index is 1020. The highest BCUT2D eigenvalue weighted by Gasteiger charge is 2.24. The van der Waals surface area contributed by atoms with Crippen molar-refractivity contribution < 1.29 is 13.9 Å². The van der Waals surface area contributed by atoms with E-state index in [0.717, 1.165) is 41.6 Å². The van der Waals surface area contributed by atoms with Gasteiger partial charge in [0.25, 0.3) is 5.91 Å². The van der Waals surface area contributed by atoms with Crippen molar-refractivity contribution in [3.8, 4) is 5.75 Å². The van der Waals surface area contributed by atoms with Crippen LogP contribution < -0.4 is 4.74 Å². The van der Waals surface area contributed by atoms with Crippen LogP contribution in [-0.4, -0.2) is 46.9 Å². The van der Waals surface area contributed by atoms with E-state index >= 15 is 0 Å². The highest BCUT2D eigenvalue weighted by molar-refractivity contribution is 7.09. The minimum absolute atomic E-state index is 0.0584. The maximum atomic E-state index is 12.8. The number of hydrogen-bond donors (Lipinski definition) is 0. The summed E-state index contributed by atoms with van der Waals surface area (Å²) in [7, 11) is 0. The number of amides is 1. The first-order valence-electron chi connectivity index (χ1n) is 10.2. The van der Waals surface area contributed by atoms with Crippen molar-refractivity contribution in [2.75, 3.05) is 26.2 Å². The SMILES string of the molecule is Cc1ccc(OCc2ccc(C(=O)N3CCN(Cc4csc(C)n4)CC3)o2)c(C)c1. The van der Waals surface area contributed by atoms with Gasteiger partial charge in [-0.15, -0.1) is 11.3 Å². The monoisotopic (exact) mass is 425 g/mol. The molecule has 0 atom stereocenters. The Kier molecular flexibility index (Phi) is 6.20. The van der Waals surface area contributed by atoms with Gasteiger partial charge in [-0.1, -0.05) is 17.7 Å². The smallest absolute Gasteiger partial charge is 0.289 e. The third-order valence-electron chi connectivity index (χ3n) is 5.28. The first kappa shape index (κ1) is 20.6. The lowest BCUT2D eigenvalue weighted by atomic mass is 10.1. The van der Waals surface area contributed by atoms with E-state index in [2.05, 4.69) is 28.3 Å². The van der Waals surface area contributed by atoms with Crippen LogP contribution in [0.5, 0.6) is 5.75 Å². The average molecular weight is 426 g/mol. The molecule has 7 heteroatoms. The molecule has 1 saturated heterocycles. The van der Waals surface area contributed by atoms with Gasteiger partial charge < -0.3 is 14.1 Å². The number of benzene rings is 1. The minimum atomic E-state index is -0.0584. The summed E-state index contributed by atoms with van der Waals surface area (Å²) in [6, 6.07) is 9.63. The molecule has 3 aromatic rings. The minimum Gasteiger partial charge on any atom is -0.485 e. The van der Waals surface area contributed by atoms with E-state index in [1.807, 2.05) is 36.9 Å². The van der Waals surface area contributed by atoms with Crippen LogP contribution in [0.25, 0.3) is 0 Å². The van der Waals surface area contributed by atoms with E-state index in [1.165, 1.54) is 5.56 Å². The second-order valence-electron chi connectivity index (χ2n) is 7.75. The fraction of sp³-hybridized carbons (Fsp3) is 0.391. The van der Waals surface area contributed by atoms with Crippen molar-refractivity contribution in [3.63, 3.8) is 0 Å². The maximum absolute atomic E-state index is 12.8. The molecule has 0 spiro atoms. The Labute approximate surface area is 181 Å². The van der Waals surface area contributed by atoms with Crippen LogP contribution in [0.15, 0.2) is 40.1 Å². The summed E-state index contributed by atoms with van der Waals surface area (Å²) in [6.45, 7) is 10.3. The molecule has 1 amide bonds. The molecule has 6 nitrogen and oxygen atoms in total. The Morgan fingerprint density at radius 1 is 1.13 bits per heavy atom. The van der Waals surface area contributed by atoms with Crippen LogP contribution in [0.4, 0.5) is 0 Å². The molecule has 1 aliphatic heterocycles. The van der Waals surface area contributed by atoms with E-state index in [9.17, 15) is 4.79 Å². The molecule has 0 aliphatic carbocycles. The normalized spacial score (nSPS) is 14.8. The number of furan rings is 1. The van der Waals surface area contributed by atoms with E-state index < -0.39 is 0 Å². The summed E-state index contributed by atoms with van der Waals surface area (Å²) in [6.07, 6.45) is 0. The first-order valence-corrected chi connectivity index (χ1v) is 11.1. The van der Waals surface area contributed by atoms with Gasteiger partial charge >= 0.3 is 0 Å². The Morgan fingerprint density at radius 3 is 2.63 bits per heavy atom. The number of aryl methyl sites for hydroxylation is 3. The summed E-state index contributed by atoms with van der Waals surface area (Å²) >= 11 is 1.68. The van der Waals surface area contributed by atoms with Gasteiger partial charge in [0, 0.05) is 38.1 Å². The molecule has 1 aromatic carbocycles. The molecule has 0 bridgehead atoms. The van der Waals surface area contributed by atoms with Crippen molar-refractivity contribution >= 4 is 17.2 Å². The number of piperazine rings is 1. The largest absolute Gasteiger partial charge is 0.485 e. The molecular formula is C23H27N3O3S. The van der Waals surface area contributed by atoms with Crippen molar-refractivity contribution in [1.29, 1.82) is 0 Å². The molecule has 158 valence electrons. The number of hydrogen-bond acceptors (Lipinski definition) is 6. The molecule has 3 heterocycles. The van der Waals surface area contributed by atoms with E-state index in [4.69, 9.17) is 9.15 Å². The molecular weight excluding hydrogens is 398 g/mol. The topological polar surface area (TPSA) is 58.8 Å². The zero-order valence-corrected chi connectivity index (χ0v) is 18.5. The van der Waals surface area contributed by atoms with Gasteiger partial charge in [0.2, 0.25) is 0 Å². The molecule has 2 aromatic heterocycles. The summed E-state index contributed by atoms with van der Waals surface area (Å²) in [5.41, 5.74) is 3.40.